The lowest BCUT2D eigenvalue weighted by Gasteiger charge is -2.13. The van der Waals surface area contributed by atoms with Gasteiger partial charge < -0.3 is 10.4 Å². The standard InChI is InChI=1S/C10H12ClNO/c11-8-3-1-7(2-4-8)9-5-12-6-10(9)13/h1-4,9-10,12-13H,5-6H2/t9-,10-/m1/s1. The Morgan fingerprint density at radius 2 is 1.92 bits per heavy atom. The lowest BCUT2D eigenvalue weighted by atomic mass is 9.96. The van der Waals surface area contributed by atoms with Gasteiger partial charge in [-0.05, 0) is 17.7 Å². The maximum Gasteiger partial charge on any atom is 0.0745 e. The molecule has 0 bridgehead atoms. The summed E-state index contributed by atoms with van der Waals surface area (Å²) in [5.41, 5.74) is 1.15. The lowest BCUT2D eigenvalue weighted by molar-refractivity contribution is 0.178. The fourth-order valence-electron chi connectivity index (χ4n) is 1.71. The van der Waals surface area contributed by atoms with Crippen molar-refractivity contribution >= 4 is 11.6 Å². The molecule has 0 aromatic heterocycles. The van der Waals surface area contributed by atoms with Gasteiger partial charge in [0.2, 0.25) is 0 Å². The Kier molecular flexibility index (Phi) is 2.54. The third-order valence-electron chi connectivity index (χ3n) is 2.48. The molecule has 1 aliphatic heterocycles. The molecule has 0 unspecified atom stereocenters. The molecular weight excluding hydrogens is 186 g/mol. The number of β-amino-alcohol motifs (C(OH)–C–C–N with tert-alkyl or cyclic N) is 1. The number of nitrogens with one attached hydrogen (secondary N) is 1. The van der Waals surface area contributed by atoms with Crippen molar-refractivity contribution in [1.82, 2.24) is 5.32 Å². The summed E-state index contributed by atoms with van der Waals surface area (Å²) < 4.78 is 0. The Balaban J connectivity index is 2.20. The van der Waals surface area contributed by atoms with E-state index in [1.807, 2.05) is 24.3 Å². The molecule has 0 amide bonds. The van der Waals surface area contributed by atoms with Crippen molar-refractivity contribution in [3.63, 3.8) is 0 Å². The van der Waals surface area contributed by atoms with Crippen LogP contribution in [-0.4, -0.2) is 24.3 Å². The summed E-state index contributed by atoms with van der Waals surface area (Å²) in [6.07, 6.45) is -0.263. The van der Waals surface area contributed by atoms with Crippen LogP contribution < -0.4 is 5.32 Å². The van der Waals surface area contributed by atoms with Crippen LogP contribution in [0.1, 0.15) is 11.5 Å². The van der Waals surface area contributed by atoms with E-state index in [-0.39, 0.29) is 12.0 Å². The quantitative estimate of drug-likeness (QED) is 0.713. The molecule has 3 heteroatoms. The average molecular weight is 198 g/mol. The summed E-state index contributed by atoms with van der Waals surface area (Å²) in [4.78, 5) is 0. The highest BCUT2D eigenvalue weighted by molar-refractivity contribution is 6.30. The second-order valence-corrected chi connectivity index (χ2v) is 3.82. The van der Waals surface area contributed by atoms with Gasteiger partial charge >= 0.3 is 0 Å². The van der Waals surface area contributed by atoms with Crippen molar-refractivity contribution in [2.24, 2.45) is 0 Å². The van der Waals surface area contributed by atoms with Crippen LogP contribution in [0, 0.1) is 0 Å². The predicted octanol–water partition coefficient (Wildman–Crippen LogP) is 1.39. The largest absolute Gasteiger partial charge is 0.391 e. The molecule has 0 radical (unpaired) electrons. The summed E-state index contributed by atoms with van der Waals surface area (Å²) in [6, 6.07) is 7.68. The van der Waals surface area contributed by atoms with E-state index in [1.54, 1.807) is 0 Å². The lowest BCUT2D eigenvalue weighted by Crippen LogP contribution is -2.15. The maximum absolute atomic E-state index is 9.62. The maximum atomic E-state index is 9.62. The van der Waals surface area contributed by atoms with E-state index in [2.05, 4.69) is 5.32 Å². The molecule has 1 fully saturated rings. The zero-order chi connectivity index (χ0) is 9.26. The number of hydrogen-bond acceptors (Lipinski definition) is 2. The number of hydrogen-bond donors (Lipinski definition) is 2. The Morgan fingerprint density at radius 3 is 2.46 bits per heavy atom. The highest BCUT2D eigenvalue weighted by Gasteiger charge is 2.25. The van der Waals surface area contributed by atoms with Gasteiger partial charge in [-0.2, -0.15) is 0 Å². The first-order chi connectivity index (χ1) is 6.27. The molecular formula is C10H12ClNO. The molecule has 1 aliphatic rings. The molecule has 1 aromatic carbocycles. The molecule has 2 rings (SSSR count). The van der Waals surface area contributed by atoms with Crippen molar-refractivity contribution in [2.45, 2.75) is 12.0 Å². The Bertz CT molecular complexity index is 285. The van der Waals surface area contributed by atoms with E-state index >= 15 is 0 Å². The van der Waals surface area contributed by atoms with Gasteiger partial charge in [0.05, 0.1) is 6.10 Å². The molecule has 0 saturated carbocycles. The molecule has 0 spiro atoms. The van der Waals surface area contributed by atoms with Gasteiger partial charge in [-0.25, -0.2) is 0 Å². The average Bonchev–Trinajstić information content (AvgIpc) is 2.53. The monoisotopic (exact) mass is 197 g/mol. The minimum Gasteiger partial charge on any atom is -0.391 e. The van der Waals surface area contributed by atoms with Gasteiger partial charge in [-0.15, -0.1) is 0 Å². The summed E-state index contributed by atoms with van der Waals surface area (Å²) in [7, 11) is 0. The third-order valence-corrected chi connectivity index (χ3v) is 2.73. The van der Waals surface area contributed by atoms with Crippen LogP contribution in [0.4, 0.5) is 0 Å². The third kappa shape index (κ3) is 1.85. The van der Waals surface area contributed by atoms with Gasteiger partial charge in [0.1, 0.15) is 0 Å². The van der Waals surface area contributed by atoms with Crippen LogP contribution in [-0.2, 0) is 0 Å². The van der Waals surface area contributed by atoms with Crippen molar-refractivity contribution in [2.75, 3.05) is 13.1 Å². The second-order valence-electron chi connectivity index (χ2n) is 3.38. The van der Waals surface area contributed by atoms with Crippen LogP contribution in [0.25, 0.3) is 0 Å². The first kappa shape index (κ1) is 9.00. The molecule has 1 aromatic rings. The SMILES string of the molecule is O[C@@H]1CNC[C@@H]1c1ccc(Cl)cc1. The molecule has 1 heterocycles. The number of benzene rings is 1. The van der Waals surface area contributed by atoms with E-state index in [0.29, 0.717) is 6.54 Å². The highest BCUT2D eigenvalue weighted by atomic mass is 35.5. The summed E-state index contributed by atoms with van der Waals surface area (Å²) in [5.74, 6) is 0.220. The molecule has 2 atom stereocenters. The zero-order valence-corrected chi connectivity index (χ0v) is 7.96. The van der Waals surface area contributed by atoms with Gasteiger partial charge in [0.25, 0.3) is 0 Å². The summed E-state index contributed by atoms with van der Waals surface area (Å²) >= 11 is 5.78. The smallest absolute Gasteiger partial charge is 0.0745 e. The molecule has 13 heavy (non-hydrogen) atoms. The Labute approximate surface area is 82.5 Å². The topological polar surface area (TPSA) is 32.3 Å². The van der Waals surface area contributed by atoms with Crippen molar-refractivity contribution < 1.29 is 5.11 Å². The van der Waals surface area contributed by atoms with Crippen LogP contribution >= 0.6 is 11.6 Å². The number of rotatable bonds is 1. The van der Waals surface area contributed by atoms with Gasteiger partial charge in [-0.1, -0.05) is 23.7 Å². The first-order valence-electron chi connectivity index (χ1n) is 4.41. The fourth-order valence-corrected chi connectivity index (χ4v) is 1.84. The number of halogens is 1. The van der Waals surface area contributed by atoms with Crippen molar-refractivity contribution in [3.8, 4) is 0 Å². The van der Waals surface area contributed by atoms with Gasteiger partial charge in [-0.3, -0.25) is 0 Å². The fraction of sp³-hybridized carbons (Fsp3) is 0.400. The highest BCUT2D eigenvalue weighted by Crippen LogP contribution is 2.23. The minimum absolute atomic E-state index is 0.220. The van der Waals surface area contributed by atoms with Gasteiger partial charge in [0, 0.05) is 24.0 Å². The normalized spacial score (nSPS) is 27.8. The molecule has 2 N–H and O–H groups in total. The van der Waals surface area contributed by atoms with E-state index in [9.17, 15) is 5.11 Å². The predicted molar refractivity (Wildman–Crippen MR) is 53.1 cm³/mol. The van der Waals surface area contributed by atoms with E-state index in [0.717, 1.165) is 17.1 Å². The van der Waals surface area contributed by atoms with Crippen molar-refractivity contribution in [3.05, 3.63) is 34.9 Å². The minimum atomic E-state index is -0.263. The molecule has 0 aliphatic carbocycles. The number of aliphatic hydroxyl groups is 1. The van der Waals surface area contributed by atoms with Crippen LogP contribution in [0.3, 0.4) is 0 Å². The molecule has 70 valence electrons. The Morgan fingerprint density at radius 1 is 1.23 bits per heavy atom. The second kappa shape index (κ2) is 3.66. The van der Waals surface area contributed by atoms with Crippen LogP contribution in [0.5, 0.6) is 0 Å². The van der Waals surface area contributed by atoms with E-state index in [1.165, 1.54) is 0 Å². The zero-order valence-electron chi connectivity index (χ0n) is 7.20. The van der Waals surface area contributed by atoms with Crippen LogP contribution in [0.15, 0.2) is 24.3 Å². The van der Waals surface area contributed by atoms with Crippen molar-refractivity contribution in [1.29, 1.82) is 0 Å². The molecule has 2 nitrogen and oxygen atoms in total. The first-order valence-corrected chi connectivity index (χ1v) is 4.79. The summed E-state index contributed by atoms with van der Waals surface area (Å²) in [5, 5.41) is 13.5. The van der Waals surface area contributed by atoms with Gasteiger partial charge in [0.15, 0.2) is 0 Å². The Hall–Kier alpha value is -0.570. The van der Waals surface area contributed by atoms with Crippen LogP contribution in [0.2, 0.25) is 5.02 Å². The van der Waals surface area contributed by atoms with E-state index in [4.69, 9.17) is 11.6 Å². The van der Waals surface area contributed by atoms with E-state index < -0.39 is 0 Å². The molecule has 1 saturated heterocycles. The number of aliphatic hydroxyl groups excluding tert-OH is 1. The summed E-state index contributed by atoms with van der Waals surface area (Å²) in [6.45, 7) is 1.54.